The van der Waals surface area contributed by atoms with Gasteiger partial charge in [-0.05, 0) is 111 Å². The van der Waals surface area contributed by atoms with Gasteiger partial charge in [-0.15, -0.1) is 0 Å². The Morgan fingerprint density at radius 3 is 2.06 bits per heavy atom. The molecule has 1 aliphatic heterocycles. The molecule has 0 radical (unpaired) electrons. The first-order valence-corrected chi connectivity index (χ1v) is 18.6. The molecule has 0 bridgehead atoms. The Bertz CT molecular complexity index is 1770. The predicted octanol–water partition coefficient (Wildman–Crippen LogP) is 8.41. The number of piperidine rings is 1. The Labute approximate surface area is 310 Å². The number of anilines is 2. The quantitative estimate of drug-likeness (QED) is 0.155. The van der Waals surface area contributed by atoms with E-state index in [1.54, 1.807) is 0 Å². The smallest absolute Gasteiger partial charge is 0.324 e. The molecule has 0 aliphatic carbocycles. The lowest BCUT2D eigenvalue weighted by molar-refractivity contribution is -0.131. The van der Waals surface area contributed by atoms with Crippen molar-refractivity contribution in [1.82, 2.24) is 15.1 Å². The average molecular weight is 702 g/mol. The molecule has 2 N–H and O–H groups in total. The molecule has 8 nitrogen and oxygen atoms in total. The van der Waals surface area contributed by atoms with E-state index < -0.39 is 5.92 Å². The second kappa shape index (κ2) is 17.5. The number of carbonyl (C=O) groups is 3. The Balaban J connectivity index is 1.25. The van der Waals surface area contributed by atoms with Crippen LogP contribution in [0.3, 0.4) is 0 Å². The highest BCUT2D eigenvalue weighted by Gasteiger charge is 2.37. The minimum Gasteiger partial charge on any atom is -0.372 e. The minimum absolute atomic E-state index is 0.0575. The minimum atomic E-state index is -0.401. The van der Waals surface area contributed by atoms with Gasteiger partial charge in [-0.3, -0.25) is 14.5 Å². The number of amides is 4. The highest BCUT2D eigenvalue weighted by atomic mass is 16.2. The summed E-state index contributed by atoms with van der Waals surface area (Å²) in [7, 11) is 3.99. The zero-order chi connectivity index (χ0) is 37.3. The third kappa shape index (κ3) is 9.68. The fraction of sp³-hybridized carbons (Fsp3) is 0.386. The number of nitrogens with one attached hydrogen (secondary N) is 2. The van der Waals surface area contributed by atoms with E-state index in [0.29, 0.717) is 25.1 Å². The van der Waals surface area contributed by atoms with Gasteiger partial charge in [0.25, 0.3) is 5.91 Å². The normalized spacial score (nSPS) is 14.2. The molecule has 4 amide bonds. The highest BCUT2D eigenvalue weighted by molar-refractivity contribution is 6.08. The monoisotopic (exact) mass is 701 g/mol. The number of nitrogens with zero attached hydrogens (tertiary/aromatic N) is 3. The third-order valence-electron chi connectivity index (χ3n) is 9.99. The molecule has 52 heavy (non-hydrogen) atoms. The van der Waals surface area contributed by atoms with Crippen molar-refractivity contribution in [2.24, 2.45) is 5.92 Å². The first-order valence-electron chi connectivity index (χ1n) is 18.6. The molecule has 0 saturated carbocycles. The largest absolute Gasteiger partial charge is 0.372 e. The second-order valence-corrected chi connectivity index (χ2v) is 15.1. The van der Waals surface area contributed by atoms with Gasteiger partial charge in [0, 0.05) is 43.1 Å². The number of imide groups is 1. The van der Waals surface area contributed by atoms with Crippen LogP contribution in [0.5, 0.6) is 0 Å². The molecule has 5 rings (SSSR count). The van der Waals surface area contributed by atoms with Crippen molar-refractivity contribution in [3.05, 3.63) is 120 Å². The van der Waals surface area contributed by atoms with Crippen molar-refractivity contribution in [2.45, 2.75) is 58.3 Å². The van der Waals surface area contributed by atoms with Crippen molar-refractivity contribution in [2.75, 3.05) is 57.0 Å². The molecular weight excluding hydrogens is 647 g/mol. The fourth-order valence-corrected chi connectivity index (χ4v) is 7.08. The summed E-state index contributed by atoms with van der Waals surface area (Å²) >= 11 is 0. The van der Waals surface area contributed by atoms with E-state index in [1.165, 1.54) is 10.5 Å². The first-order chi connectivity index (χ1) is 25.0. The van der Waals surface area contributed by atoms with Crippen molar-refractivity contribution in [3.8, 4) is 11.1 Å². The lowest BCUT2D eigenvalue weighted by Crippen LogP contribution is -2.49. The molecule has 1 heterocycles. The first kappa shape index (κ1) is 38.3. The number of hydrogen-bond donors (Lipinski definition) is 2. The maximum atomic E-state index is 14.3. The van der Waals surface area contributed by atoms with Gasteiger partial charge < -0.3 is 20.4 Å². The van der Waals surface area contributed by atoms with Crippen LogP contribution in [0.25, 0.3) is 11.1 Å². The molecule has 0 aromatic heterocycles. The number of carbonyl (C=O) groups excluding carboxylic acids is 3. The maximum Gasteiger partial charge on any atom is 0.324 e. The van der Waals surface area contributed by atoms with E-state index in [-0.39, 0.29) is 29.2 Å². The summed E-state index contributed by atoms with van der Waals surface area (Å²) in [6.45, 7) is 11.7. The second-order valence-electron chi connectivity index (χ2n) is 15.1. The van der Waals surface area contributed by atoms with Crippen LogP contribution in [-0.2, 0) is 10.2 Å². The summed E-state index contributed by atoms with van der Waals surface area (Å²) in [5.41, 5.74) is 6.61. The number of rotatable bonds is 12. The van der Waals surface area contributed by atoms with Crippen LogP contribution in [0.15, 0.2) is 103 Å². The third-order valence-corrected chi connectivity index (χ3v) is 9.99. The van der Waals surface area contributed by atoms with Gasteiger partial charge in [0.05, 0.1) is 5.92 Å². The molecule has 1 fully saturated rings. The van der Waals surface area contributed by atoms with E-state index in [1.807, 2.05) is 87.7 Å². The molecule has 0 spiro atoms. The topological polar surface area (TPSA) is 85.0 Å². The van der Waals surface area contributed by atoms with Crippen LogP contribution in [0.4, 0.5) is 16.2 Å². The van der Waals surface area contributed by atoms with E-state index in [4.69, 9.17) is 0 Å². The van der Waals surface area contributed by atoms with Crippen LogP contribution >= 0.6 is 0 Å². The average Bonchev–Trinajstić information content (AvgIpc) is 3.14. The van der Waals surface area contributed by atoms with E-state index in [9.17, 15) is 14.4 Å². The Hall–Kier alpha value is -4.95. The number of urea groups is 1. The molecule has 274 valence electrons. The predicted molar refractivity (Wildman–Crippen MR) is 213 cm³/mol. The Kier molecular flexibility index (Phi) is 12.9. The fourth-order valence-electron chi connectivity index (χ4n) is 7.08. The van der Waals surface area contributed by atoms with Crippen molar-refractivity contribution in [3.63, 3.8) is 0 Å². The summed E-state index contributed by atoms with van der Waals surface area (Å²) in [5, 5.41) is 5.96. The molecule has 1 saturated heterocycles. The van der Waals surface area contributed by atoms with Gasteiger partial charge >= 0.3 is 6.03 Å². The molecular formula is C44H55N5O3. The summed E-state index contributed by atoms with van der Waals surface area (Å²) in [4.78, 5) is 46.8. The van der Waals surface area contributed by atoms with Gasteiger partial charge in [0.15, 0.2) is 0 Å². The molecule has 4 aromatic carbocycles. The summed E-state index contributed by atoms with van der Waals surface area (Å²) in [5.74, 6) is -0.579. The molecule has 1 atom stereocenters. The maximum absolute atomic E-state index is 14.3. The summed E-state index contributed by atoms with van der Waals surface area (Å²) in [6, 6.07) is 33.8. The standard InChI is InChI=1S/C44H55N5O3/c1-7-45-43(52)49(29-13-28-47(5)6)42(51)40(33-14-9-8-10-15-33)34-26-30-48(31-27-34)37-24-22-36(23-25-37)46-41(50)39-17-12-11-16-38(39)32-18-20-35(21-19-32)44(2,3)4/h8-12,14-25,34,40H,7,13,26-31H2,1-6H3,(H,45,52)(H,46,50). The van der Waals surface area contributed by atoms with Crippen molar-refractivity contribution >= 4 is 29.2 Å². The van der Waals surface area contributed by atoms with Crippen LogP contribution in [0.2, 0.25) is 0 Å². The lowest BCUT2D eigenvalue weighted by atomic mass is 9.79. The van der Waals surface area contributed by atoms with Crippen molar-refractivity contribution in [1.29, 1.82) is 0 Å². The molecule has 4 aromatic rings. The van der Waals surface area contributed by atoms with Crippen LogP contribution in [0.1, 0.15) is 74.4 Å². The van der Waals surface area contributed by atoms with E-state index in [0.717, 1.165) is 60.5 Å². The van der Waals surface area contributed by atoms with Crippen LogP contribution in [0, 0.1) is 5.92 Å². The zero-order valence-corrected chi connectivity index (χ0v) is 31.7. The Morgan fingerprint density at radius 2 is 1.44 bits per heavy atom. The molecule has 1 unspecified atom stereocenters. The van der Waals surface area contributed by atoms with E-state index in [2.05, 4.69) is 77.6 Å². The number of hydrogen-bond acceptors (Lipinski definition) is 5. The lowest BCUT2D eigenvalue weighted by Gasteiger charge is -2.38. The van der Waals surface area contributed by atoms with Crippen molar-refractivity contribution < 1.29 is 14.4 Å². The summed E-state index contributed by atoms with van der Waals surface area (Å²) < 4.78 is 0. The highest BCUT2D eigenvalue weighted by Crippen LogP contribution is 2.36. The van der Waals surface area contributed by atoms with E-state index >= 15 is 0 Å². The van der Waals surface area contributed by atoms with Gasteiger partial charge in [0.1, 0.15) is 0 Å². The van der Waals surface area contributed by atoms with Gasteiger partial charge in [0.2, 0.25) is 5.91 Å². The molecule has 1 aliphatic rings. The van der Waals surface area contributed by atoms with Crippen LogP contribution < -0.4 is 15.5 Å². The van der Waals surface area contributed by atoms with Gasteiger partial charge in [-0.25, -0.2) is 4.79 Å². The molecule has 8 heteroatoms. The SMILES string of the molecule is CCNC(=O)N(CCCN(C)C)C(=O)C(c1ccccc1)C1CCN(c2ccc(NC(=O)c3ccccc3-c3ccc(C(C)(C)C)cc3)cc2)CC1. The Morgan fingerprint density at radius 1 is 0.808 bits per heavy atom. The summed E-state index contributed by atoms with van der Waals surface area (Å²) in [6.07, 6.45) is 2.35. The zero-order valence-electron chi connectivity index (χ0n) is 31.7. The van der Waals surface area contributed by atoms with Gasteiger partial charge in [-0.1, -0.05) is 93.6 Å². The number of benzene rings is 4. The van der Waals surface area contributed by atoms with Crippen LogP contribution in [-0.4, -0.2) is 74.5 Å². The van der Waals surface area contributed by atoms with Gasteiger partial charge in [-0.2, -0.15) is 0 Å².